The topological polar surface area (TPSA) is 75.1 Å². The van der Waals surface area contributed by atoms with Crippen LogP contribution in [0.2, 0.25) is 0 Å². The smallest absolute Gasteiger partial charge is 0.191 e. The quantitative estimate of drug-likeness (QED) is 0.325. The molecule has 1 aliphatic carbocycles. The lowest BCUT2D eigenvalue weighted by molar-refractivity contribution is -0.0566. The van der Waals surface area contributed by atoms with Crippen LogP contribution in [0.5, 0.6) is 5.75 Å². The summed E-state index contributed by atoms with van der Waals surface area (Å²) in [6.45, 7) is 4.44. The highest BCUT2D eigenvalue weighted by Gasteiger charge is 2.43. The van der Waals surface area contributed by atoms with E-state index in [1.165, 1.54) is 18.4 Å². The van der Waals surface area contributed by atoms with Crippen molar-refractivity contribution in [2.24, 2.45) is 4.99 Å². The van der Waals surface area contributed by atoms with Crippen molar-refractivity contribution < 1.29 is 14.6 Å². The molecule has 0 aromatic heterocycles. The predicted octanol–water partition coefficient (Wildman–Crippen LogP) is 3.54. The Morgan fingerprint density at radius 1 is 1.17 bits per heavy atom. The molecule has 1 saturated heterocycles. The van der Waals surface area contributed by atoms with Crippen LogP contribution < -0.4 is 15.4 Å². The van der Waals surface area contributed by atoms with Gasteiger partial charge in [0.2, 0.25) is 0 Å². The predicted molar refractivity (Wildman–Crippen MR) is 125 cm³/mol. The van der Waals surface area contributed by atoms with Crippen molar-refractivity contribution in [1.82, 2.24) is 10.6 Å². The van der Waals surface area contributed by atoms with Crippen molar-refractivity contribution in [3.8, 4) is 5.75 Å². The molecule has 1 aromatic carbocycles. The molecule has 1 unspecified atom stereocenters. The molecule has 6 nitrogen and oxygen atoms in total. The zero-order valence-electron chi connectivity index (χ0n) is 17.3. The monoisotopic (exact) mass is 515 g/mol. The van der Waals surface area contributed by atoms with E-state index in [1.807, 2.05) is 6.07 Å². The van der Waals surface area contributed by atoms with Crippen LogP contribution in [0.1, 0.15) is 63.5 Å². The number of guanidine groups is 1. The van der Waals surface area contributed by atoms with Crippen LogP contribution in [0.25, 0.3) is 0 Å². The van der Waals surface area contributed by atoms with Crippen molar-refractivity contribution >= 4 is 29.9 Å². The van der Waals surface area contributed by atoms with Gasteiger partial charge in [-0.2, -0.15) is 0 Å². The van der Waals surface area contributed by atoms with E-state index >= 15 is 0 Å². The molecule has 1 saturated carbocycles. The molecule has 29 heavy (non-hydrogen) atoms. The van der Waals surface area contributed by atoms with Crippen LogP contribution >= 0.6 is 24.0 Å². The van der Waals surface area contributed by atoms with Gasteiger partial charge in [0.25, 0.3) is 0 Å². The number of rotatable bonds is 4. The van der Waals surface area contributed by atoms with Gasteiger partial charge in [0.15, 0.2) is 5.96 Å². The number of nitrogens with one attached hydrogen (secondary N) is 2. The molecule has 1 atom stereocenters. The summed E-state index contributed by atoms with van der Waals surface area (Å²) in [5.74, 6) is 1.75. The summed E-state index contributed by atoms with van der Waals surface area (Å²) in [7, 11) is 0. The average Bonchev–Trinajstić information content (AvgIpc) is 3.14. The Balaban J connectivity index is 0.00000240. The number of nitrogens with zero attached hydrogens (tertiary/aromatic N) is 1. The number of hydrogen-bond donors (Lipinski definition) is 3. The van der Waals surface area contributed by atoms with E-state index in [0.717, 1.165) is 37.5 Å². The first kappa shape index (κ1) is 22.6. The van der Waals surface area contributed by atoms with Crippen LogP contribution in [-0.2, 0) is 4.74 Å². The molecule has 2 fully saturated rings. The van der Waals surface area contributed by atoms with Crippen LogP contribution in [-0.4, -0.2) is 48.6 Å². The van der Waals surface area contributed by atoms with E-state index in [4.69, 9.17) is 14.5 Å². The molecule has 2 heterocycles. The summed E-state index contributed by atoms with van der Waals surface area (Å²) in [5, 5.41) is 17.7. The molecule has 3 N–H and O–H groups in total. The van der Waals surface area contributed by atoms with Gasteiger partial charge in [-0.05, 0) is 38.7 Å². The highest BCUT2D eigenvalue weighted by Crippen LogP contribution is 2.46. The third kappa shape index (κ3) is 5.35. The van der Waals surface area contributed by atoms with E-state index in [9.17, 15) is 5.11 Å². The van der Waals surface area contributed by atoms with Crippen molar-refractivity contribution in [1.29, 1.82) is 0 Å². The van der Waals surface area contributed by atoms with Gasteiger partial charge in [-0.15, -0.1) is 24.0 Å². The highest BCUT2D eigenvalue weighted by atomic mass is 127. The molecule has 3 aliphatic rings. The lowest BCUT2D eigenvalue weighted by atomic mass is 9.86. The number of aliphatic hydroxyl groups is 1. The molecule has 1 spiro atoms. The molecule has 162 valence electrons. The number of hydrogen-bond acceptors (Lipinski definition) is 4. The van der Waals surface area contributed by atoms with Crippen LogP contribution in [0.3, 0.4) is 0 Å². The van der Waals surface area contributed by atoms with Crippen LogP contribution in [0.15, 0.2) is 29.3 Å². The summed E-state index contributed by atoms with van der Waals surface area (Å²) >= 11 is 0. The van der Waals surface area contributed by atoms with Gasteiger partial charge >= 0.3 is 0 Å². The zero-order valence-corrected chi connectivity index (χ0v) is 19.6. The Labute approximate surface area is 190 Å². The van der Waals surface area contributed by atoms with E-state index in [2.05, 4.69) is 35.8 Å². The van der Waals surface area contributed by atoms with Crippen molar-refractivity contribution in [2.75, 3.05) is 26.3 Å². The fourth-order valence-corrected chi connectivity index (χ4v) is 4.69. The standard InChI is InChI=1S/C22H33N3O3.HI/c1-2-23-20(24-16-21(26)11-13-27-14-12-21)25-18-15-22(9-5-6-10-22)28-19-8-4-3-7-17(18)19;/h3-4,7-8,18,26H,2,5-6,9-16H2,1H3,(H2,23,24,25);1H. The van der Waals surface area contributed by atoms with Crippen molar-refractivity contribution in [3.05, 3.63) is 29.8 Å². The summed E-state index contributed by atoms with van der Waals surface area (Å²) < 4.78 is 11.8. The number of benzene rings is 1. The number of aliphatic imine (C=N–C) groups is 1. The normalized spacial score (nSPS) is 24.9. The van der Waals surface area contributed by atoms with Crippen molar-refractivity contribution in [2.45, 2.75) is 69.1 Å². The van der Waals surface area contributed by atoms with Crippen LogP contribution in [0.4, 0.5) is 0 Å². The summed E-state index contributed by atoms with van der Waals surface area (Å²) in [5.41, 5.74) is 0.374. The first-order valence-corrected chi connectivity index (χ1v) is 10.7. The van der Waals surface area contributed by atoms with Gasteiger partial charge in [0.1, 0.15) is 11.4 Å². The molecule has 4 rings (SSSR count). The Morgan fingerprint density at radius 2 is 1.90 bits per heavy atom. The fourth-order valence-electron chi connectivity index (χ4n) is 4.69. The molecular formula is C22H34IN3O3. The van der Waals surface area contributed by atoms with Gasteiger partial charge in [-0.3, -0.25) is 4.99 Å². The van der Waals surface area contributed by atoms with Crippen molar-refractivity contribution in [3.63, 3.8) is 0 Å². The van der Waals surface area contributed by atoms with Gasteiger partial charge in [-0.1, -0.05) is 18.2 Å². The third-order valence-corrected chi connectivity index (χ3v) is 6.32. The average molecular weight is 515 g/mol. The Kier molecular flexibility index (Phi) is 7.67. The highest BCUT2D eigenvalue weighted by molar-refractivity contribution is 14.0. The third-order valence-electron chi connectivity index (χ3n) is 6.32. The van der Waals surface area contributed by atoms with Gasteiger partial charge in [0, 0.05) is 44.6 Å². The lowest BCUT2D eigenvalue weighted by Crippen LogP contribution is -2.47. The maximum atomic E-state index is 10.8. The molecule has 0 radical (unpaired) electrons. The summed E-state index contributed by atoms with van der Waals surface area (Å²) in [6.07, 6.45) is 6.93. The molecule has 1 aromatic rings. The Morgan fingerprint density at radius 3 is 2.62 bits per heavy atom. The molecule has 2 aliphatic heterocycles. The fraction of sp³-hybridized carbons (Fsp3) is 0.682. The minimum atomic E-state index is -0.763. The minimum Gasteiger partial charge on any atom is -0.487 e. The first-order chi connectivity index (χ1) is 13.6. The molecule has 0 bridgehead atoms. The van der Waals surface area contributed by atoms with Gasteiger partial charge in [0.05, 0.1) is 18.2 Å². The largest absolute Gasteiger partial charge is 0.487 e. The van der Waals surface area contributed by atoms with Gasteiger partial charge < -0.3 is 25.2 Å². The Hall–Kier alpha value is -1.06. The van der Waals surface area contributed by atoms with Gasteiger partial charge in [-0.25, -0.2) is 0 Å². The number of para-hydroxylation sites is 1. The zero-order chi connectivity index (χ0) is 19.5. The number of fused-ring (bicyclic) bond motifs is 1. The lowest BCUT2D eigenvalue weighted by Gasteiger charge is -2.40. The van der Waals surface area contributed by atoms with E-state index in [0.29, 0.717) is 32.6 Å². The second kappa shape index (κ2) is 9.83. The first-order valence-electron chi connectivity index (χ1n) is 10.7. The van der Waals surface area contributed by atoms with E-state index < -0.39 is 5.60 Å². The minimum absolute atomic E-state index is 0. The number of halogens is 1. The maximum Gasteiger partial charge on any atom is 0.191 e. The maximum absolute atomic E-state index is 10.8. The molecule has 0 amide bonds. The summed E-state index contributed by atoms with van der Waals surface area (Å²) in [4.78, 5) is 4.74. The van der Waals surface area contributed by atoms with E-state index in [1.54, 1.807) is 0 Å². The second-order valence-electron chi connectivity index (χ2n) is 8.46. The number of ether oxygens (including phenoxy) is 2. The molecular weight excluding hydrogens is 481 g/mol. The van der Waals surface area contributed by atoms with Crippen LogP contribution in [0, 0.1) is 0 Å². The Bertz CT molecular complexity index is 700. The van der Waals surface area contributed by atoms with E-state index in [-0.39, 0.29) is 35.6 Å². The summed E-state index contributed by atoms with van der Waals surface area (Å²) in [6, 6.07) is 8.50. The molecule has 7 heteroatoms. The second-order valence-corrected chi connectivity index (χ2v) is 8.46. The SMILES string of the molecule is CCNC(=NCC1(O)CCOCC1)NC1CC2(CCCC2)Oc2ccccc21.I.